The second-order valence-corrected chi connectivity index (χ2v) is 5.71. The van der Waals surface area contributed by atoms with Crippen LogP contribution in [0.1, 0.15) is 30.9 Å². The van der Waals surface area contributed by atoms with Gasteiger partial charge in [0.25, 0.3) is 0 Å². The van der Waals surface area contributed by atoms with E-state index in [0.717, 1.165) is 31.4 Å². The summed E-state index contributed by atoms with van der Waals surface area (Å²) in [5.74, 6) is -0.337. The zero-order valence-corrected chi connectivity index (χ0v) is 12.6. The van der Waals surface area contributed by atoms with E-state index in [0.29, 0.717) is 6.61 Å². The van der Waals surface area contributed by atoms with Crippen molar-refractivity contribution in [3.8, 4) is 0 Å². The fraction of sp³-hybridized carbons (Fsp3) is 0.562. The number of rotatable bonds is 6. The van der Waals surface area contributed by atoms with Crippen molar-refractivity contribution in [3.05, 3.63) is 35.6 Å². The Bertz CT molecular complexity index is 456. The van der Waals surface area contributed by atoms with Crippen LogP contribution in [-0.4, -0.2) is 44.2 Å². The summed E-state index contributed by atoms with van der Waals surface area (Å²) in [7, 11) is 3.98. The fourth-order valence-corrected chi connectivity index (χ4v) is 2.45. The number of ether oxygens (including phenoxy) is 1. The van der Waals surface area contributed by atoms with Gasteiger partial charge in [0, 0.05) is 6.61 Å². The van der Waals surface area contributed by atoms with Crippen LogP contribution in [0.5, 0.6) is 0 Å². The highest BCUT2D eigenvalue weighted by atomic mass is 19.1. The number of halogens is 1. The summed E-state index contributed by atoms with van der Waals surface area (Å²) in [5.41, 5.74) is 0.921. The van der Waals surface area contributed by atoms with Crippen molar-refractivity contribution in [1.29, 1.82) is 0 Å². The molecule has 1 saturated heterocycles. The Balaban J connectivity index is 2.03. The fourth-order valence-electron chi connectivity index (χ4n) is 2.45. The van der Waals surface area contributed by atoms with Crippen LogP contribution in [-0.2, 0) is 9.53 Å². The summed E-state index contributed by atoms with van der Waals surface area (Å²) in [6.45, 7) is 1.49. The standard InChI is InChI=1S/C16H23FN2O2/c1-19(2)10-9-14(12-5-7-13(17)8-6-12)18-16(20)15-4-3-11-21-15/h5-8,14-15H,3-4,9-11H2,1-2H3,(H,18,20). The van der Waals surface area contributed by atoms with Crippen molar-refractivity contribution in [3.63, 3.8) is 0 Å². The average Bonchev–Trinajstić information content (AvgIpc) is 2.98. The van der Waals surface area contributed by atoms with Crippen molar-refractivity contribution in [2.24, 2.45) is 0 Å². The second kappa shape index (κ2) is 7.52. The molecule has 4 nitrogen and oxygen atoms in total. The van der Waals surface area contributed by atoms with Crippen LogP contribution < -0.4 is 5.32 Å². The van der Waals surface area contributed by atoms with Crippen molar-refractivity contribution < 1.29 is 13.9 Å². The molecule has 0 aromatic heterocycles. The van der Waals surface area contributed by atoms with Gasteiger partial charge in [0.2, 0.25) is 5.91 Å². The number of benzene rings is 1. The van der Waals surface area contributed by atoms with Gasteiger partial charge in [-0.2, -0.15) is 0 Å². The van der Waals surface area contributed by atoms with E-state index >= 15 is 0 Å². The first-order valence-electron chi connectivity index (χ1n) is 7.38. The number of carbonyl (C=O) groups is 1. The molecule has 1 fully saturated rings. The molecule has 1 amide bonds. The molecule has 1 N–H and O–H groups in total. The third-order valence-corrected chi connectivity index (χ3v) is 3.68. The molecule has 1 aliphatic rings. The highest BCUT2D eigenvalue weighted by Crippen LogP contribution is 2.20. The lowest BCUT2D eigenvalue weighted by Gasteiger charge is -2.22. The van der Waals surface area contributed by atoms with E-state index in [4.69, 9.17) is 4.74 Å². The third kappa shape index (κ3) is 4.79. The molecule has 5 heteroatoms. The first-order valence-corrected chi connectivity index (χ1v) is 7.38. The molecule has 0 bridgehead atoms. The molecule has 1 aromatic rings. The van der Waals surface area contributed by atoms with Crippen LogP contribution in [0.2, 0.25) is 0 Å². The monoisotopic (exact) mass is 294 g/mol. The van der Waals surface area contributed by atoms with Gasteiger partial charge in [0.1, 0.15) is 11.9 Å². The average molecular weight is 294 g/mol. The maximum Gasteiger partial charge on any atom is 0.249 e. The SMILES string of the molecule is CN(C)CCC(NC(=O)C1CCCO1)c1ccc(F)cc1. The van der Waals surface area contributed by atoms with Crippen molar-refractivity contribution in [2.75, 3.05) is 27.2 Å². The van der Waals surface area contributed by atoms with Crippen molar-refractivity contribution in [1.82, 2.24) is 10.2 Å². The minimum absolute atomic E-state index is 0.0689. The van der Waals surface area contributed by atoms with Crippen LogP contribution in [0.15, 0.2) is 24.3 Å². The third-order valence-electron chi connectivity index (χ3n) is 3.68. The molecule has 1 heterocycles. The molecule has 0 spiro atoms. The van der Waals surface area contributed by atoms with Crippen LogP contribution in [0.25, 0.3) is 0 Å². The topological polar surface area (TPSA) is 41.6 Å². The molecular weight excluding hydrogens is 271 g/mol. The first-order chi connectivity index (χ1) is 10.1. The summed E-state index contributed by atoms with van der Waals surface area (Å²) in [6.07, 6.45) is 2.14. The smallest absolute Gasteiger partial charge is 0.249 e. The van der Waals surface area contributed by atoms with E-state index < -0.39 is 0 Å². The van der Waals surface area contributed by atoms with Crippen LogP contribution in [0.3, 0.4) is 0 Å². The molecule has 1 aromatic carbocycles. The minimum Gasteiger partial charge on any atom is -0.368 e. The molecule has 1 aliphatic heterocycles. The van der Waals surface area contributed by atoms with Crippen molar-refractivity contribution >= 4 is 5.91 Å². The summed E-state index contributed by atoms with van der Waals surface area (Å²) in [6, 6.07) is 6.19. The molecular formula is C16H23FN2O2. The molecule has 2 rings (SSSR count). The summed E-state index contributed by atoms with van der Waals surface area (Å²) in [4.78, 5) is 14.3. The highest BCUT2D eigenvalue weighted by molar-refractivity contribution is 5.81. The number of nitrogens with one attached hydrogen (secondary N) is 1. The highest BCUT2D eigenvalue weighted by Gasteiger charge is 2.26. The second-order valence-electron chi connectivity index (χ2n) is 5.71. The molecule has 21 heavy (non-hydrogen) atoms. The van der Waals surface area contributed by atoms with Gasteiger partial charge in [-0.1, -0.05) is 12.1 Å². The van der Waals surface area contributed by atoms with Gasteiger partial charge in [0.15, 0.2) is 0 Å². The lowest BCUT2D eigenvalue weighted by Crippen LogP contribution is -2.37. The van der Waals surface area contributed by atoms with E-state index in [9.17, 15) is 9.18 Å². The van der Waals surface area contributed by atoms with Gasteiger partial charge in [0.05, 0.1) is 6.04 Å². The van der Waals surface area contributed by atoms with Gasteiger partial charge in [-0.15, -0.1) is 0 Å². The lowest BCUT2D eigenvalue weighted by atomic mass is 10.0. The number of hydrogen-bond donors (Lipinski definition) is 1. The minimum atomic E-state index is -0.340. The van der Waals surface area contributed by atoms with Crippen LogP contribution >= 0.6 is 0 Å². The Morgan fingerprint density at radius 1 is 1.43 bits per heavy atom. The molecule has 116 valence electrons. The van der Waals surface area contributed by atoms with E-state index in [1.807, 2.05) is 14.1 Å². The maximum absolute atomic E-state index is 13.1. The molecule has 2 unspecified atom stereocenters. The summed E-state index contributed by atoms with van der Waals surface area (Å²) < 4.78 is 18.5. The van der Waals surface area contributed by atoms with Crippen LogP contribution in [0.4, 0.5) is 4.39 Å². The van der Waals surface area contributed by atoms with Crippen LogP contribution in [0, 0.1) is 5.82 Å². The largest absolute Gasteiger partial charge is 0.368 e. The van der Waals surface area contributed by atoms with Gasteiger partial charge in [-0.05, 0) is 57.6 Å². The summed E-state index contributed by atoms with van der Waals surface area (Å²) in [5, 5.41) is 3.04. The molecule has 0 aliphatic carbocycles. The molecule has 0 saturated carbocycles. The molecule has 0 radical (unpaired) electrons. The Morgan fingerprint density at radius 3 is 2.71 bits per heavy atom. The predicted molar refractivity (Wildman–Crippen MR) is 79.4 cm³/mol. The van der Waals surface area contributed by atoms with Gasteiger partial charge in [-0.25, -0.2) is 4.39 Å². The predicted octanol–water partition coefficient (Wildman–Crippen LogP) is 2.11. The zero-order valence-electron chi connectivity index (χ0n) is 12.6. The van der Waals surface area contributed by atoms with E-state index in [1.54, 1.807) is 12.1 Å². The Morgan fingerprint density at radius 2 is 2.14 bits per heavy atom. The Labute approximate surface area is 125 Å². The first kappa shape index (κ1) is 15.9. The summed E-state index contributed by atoms with van der Waals surface area (Å²) >= 11 is 0. The number of carbonyl (C=O) groups excluding carboxylic acids is 1. The van der Waals surface area contributed by atoms with Crippen molar-refractivity contribution in [2.45, 2.75) is 31.4 Å². The lowest BCUT2D eigenvalue weighted by molar-refractivity contribution is -0.130. The Hall–Kier alpha value is -1.46. The zero-order chi connectivity index (χ0) is 15.2. The normalized spacial score (nSPS) is 19.7. The van der Waals surface area contributed by atoms with Gasteiger partial charge < -0.3 is 15.0 Å². The quantitative estimate of drug-likeness (QED) is 0.874. The maximum atomic E-state index is 13.1. The number of amides is 1. The van der Waals surface area contributed by atoms with E-state index in [-0.39, 0.29) is 23.9 Å². The van der Waals surface area contributed by atoms with Gasteiger partial charge in [-0.3, -0.25) is 4.79 Å². The number of nitrogens with zero attached hydrogens (tertiary/aromatic N) is 1. The van der Waals surface area contributed by atoms with Gasteiger partial charge >= 0.3 is 0 Å². The Kier molecular flexibility index (Phi) is 5.70. The molecule has 2 atom stereocenters. The van der Waals surface area contributed by atoms with E-state index in [1.165, 1.54) is 12.1 Å². The number of hydrogen-bond acceptors (Lipinski definition) is 3. The van der Waals surface area contributed by atoms with E-state index in [2.05, 4.69) is 10.2 Å².